The molecule has 1 aromatic carbocycles. The second-order valence-corrected chi connectivity index (χ2v) is 7.01. The van der Waals surface area contributed by atoms with Gasteiger partial charge in [0.1, 0.15) is 5.75 Å². The quantitative estimate of drug-likeness (QED) is 0.875. The van der Waals surface area contributed by atoms with E-state index in [9.17, 15) is 15.5 Å². The molecular weight excluding hydrogens is 262 g/mol. The summed E-state index contributed by atoms with van der Waals surface area (Å²) in [5.41, 5.74) is 2.50. The molecule has 0 spiro atoms. The molecule has 0 aliphatic heterocycles. The zero-order valence-electron chi connectivity index (χ0n) is 12.5. The predicted molar refractivity (Wildman–Crippen MR) is 80.8 cm³/mol. The number of phenols is 1. The third-order valence-corrected chi connectivity index (χ3v) is 5.90. The van der Waals surface area contributed by atoms with E-state index in [0.717, 1.165) is 25.7 Å². The maximum absolute atomic E-state index is 9.83. The summed E-state index contributed by atoms with van der Waals surface area (Å²) in [4.78, 5) is 0. The fraction of sp³-hybridized carbons (Fsp3) is 0.611. The molecule has 3 nitrogen and oxygen atoms in total. The van der Waals surface area contributed by atoms with E-state index >= 15 is 0 Å². The van der Waals surface area contributed by atoms with Gasteiger partial charge in [0.05, 0.1) is 6.07 Å². The van der Waals surface area contributed by atoms with Crippen molar-refractivity contribution >= 4 is 0 Å². The highest BCUT2D eigenvalue weighted by Crippen LogP contribution is 2.55. The van der Waals surface area contributed by atoms with Crippen LogP contribution in [-0.2, 0) is 6.42 Å². The van der Waals surface area contributed by atoms with Gasteiger partial charge in [-0.05, 0) is 72.1 Å². The number of nitriles is 1. The largest absolute Gasteiger partial charge is 0.508 e. The number of fused-ring (bicyclic) bond motifs is 3. The molecule has 0 saturated heterocycles. The molecule has 4 atom stereocenters. The number of aryl methyl sites for hydroxylation is 1. The minimum absolute atomic E-state index is 0.120. The number of hydrogen-bond acceptors (Lipinski definition) is 3. The van der Waals surface area contributed by atoms with Crippen LogP contribution in [0.15, 0.2) is 18.2 Å². The number of rotatable bonds is 2. The Balaban J connectivity index is 1.96. The summed E-state index contributed by atoms with van der Waals surface area (Å²) in [5, 5.41) is 28.7. The molecule has 0 bridgehead atoms. The van der Waals surface area contributed by atoms with E-state index in [1.165, 1.54) is 11.1 Å². The molecule has 21 heavy (non-hydrogen) atoms. The van der Waals surface area contributed by atoms with Gasteiger partial charge in [0.15, 0.2) is 0 Å². The third kappa shape index (κ3) is 2.32. The van der Waals surface area contributed by atoms with Gasteiger partial charge in [-0.1, -0.05) is 13.0 Å². The molecule has 112 valence electrons. The lowest BCUT2D eigenvalue weighted by atomic mass is 9.54. The SMILES string of the molecule is C[C@]1(CO)CCC2c3ccc(O)cc3CCC2C1CC#N. The van der Waals surface area contributed by atoms with E-state index < -0.39 is 0 Å². The Hall–Kier alpha value is -1.53. The fourth-order valence-corrected chi connectivity index (χ4v) is 4.66. The molecule has 0 amide bonds. The van der Waals surface area contributed by atoms with E-state index in [-0.39, 0.29) is 17.9 Å². The summed E-state index contributed by atoms with van der Waals surface area (Å²) in [5.74, 6) is 1.57. The number of hydrogen-bond donors (Lipinski definition) is 2. The first-order valence-corrected chi connectivity index (χ1v) is 7.88. The van der Waals surface area contributed by atoms with Gasteiger partial charge >= 0.3 is 0 Å². The number of phenolic OH excluding ortho intramolecular Hbond substituents is 1. The van der Waals surface area contributed by atoms with Crippen LogP contribution in [-0.4, -0.2) is 16.8 Å². The number of benzene rings is 1. The molecule has 1 fully saturated rings. The van der Waals surface area contributed by atoms with Crippen LogP contribution in [0.3, 0.4) is 0 Å². The molecule has 2 N–H and O–H groups in total. The van der Waals surface area contributed by atoms with Crippen molar-refractivity contribution in [1.82, 2.24) is 0 Å². The van der Waals surface area contributed by atoms with Crippen LogP contribution in [0.5, 0.6) is 5.75 Å². The number of aliphatic hydroxyl groups excluding tert-OH is 1. The molecule has 0 radical (unpaired) electrons. The standard InChI is InChI=1S/C18H23NO2/c1-18(11-20)8-6-15-14-5-3-13(21)10-12(14)2-4-16(15)17(18)7-9-19/h3,5,10,15-17,20-21H,2,4,6-8,11H2,1H3/t15?,16?,17?,18-/m1/s1. The van der Waals surface area contributed by atoms with E-state index in [1.807, 2.05) is 6.07 Å². The lowest BCUT2D eigenvalue weighted by Crippen LogP contribution is -2.44. The Morgan fingerprint density at radius 2 is 2.19 bits per heavy atom. The Morgan fingerprint density at radius 3 is 2.90 bits per heavy atom. The minimum atomic E-state index is -0.120. The van der Waals surface area contributed by atoms with Crippen LogP contribution >= 0.6 is 0 Å². The molecule has 3 heteroatoms. The average Bonchev–Trinajstić information content (AvgIpc) is 2.49. The Morgan fingerprint density at radius 1 is 1.38 bits per heavy atom. The molecule has 2 aliphatic carbocycles. The van der Waals surface area contributed by atoms with Gasteiger partial charge in [-0.15, -0.1) is 0 Å². The van der Waals surface area contributed by atoms with Crippen molar-refractivity contribution < 1.29 is 10.2 Å². The summed E-state index contributed by atoms with van der Waals surface area (Å²) in [7, 11) is 0. The predicted octanol–water partition coefficient (Wildman–Crippen LogP) is 3.36. The van der Waals surface area contributed by atoms with Crippen molar-refractivity contribution in [1.29, 1.82) is 5.26 Å². The molecule has 3 rings (SSSR count). The summed E-state index contributed by atoms with van der Waals surface area (Å²) in [6.45, 7) is 2.31. The lowest BCUT2D eigenvalue weighted by molar-refractivity contribution is -0.0106. The van der Waals surface area contributed by atoms with E-state index in [2.05, 4.69) is 19.1 Å². The minimum Gasteiger partial charge on any atom is -0.508 e. The summed E-state index contributed by atoms with van der Waals surface area (Å²) in [6, 6.07) is 8.08. The van der Waals surface area contributed by atoms with Crippen LogP contribution in [0.4, 0.5) is 0 Å². The highest BCUT2D eigenvalue weighted by molar-refractivity contribution is 5.40. The average molecular weight is 285 g/mol. The van der Waals surface area contributed by atoms with Gasteiger partial charge in [-0.2, -0.15) is 5.26 Å². The monoisotopic (exact) mass is 285 g/mol. The van der Waals surface area contributed by atoms with Crippen molar-refractivity contribution in [2.75, 3.05) is 6.61 Å². The molecule has 1 saturated carbocycles. The second kappa shape index (κ2) is 5.35. The molecule has 3 unspecified atom stereocenters. The number of nitrogens with zero attached hydrogens (tertiary/aromatic N) is 1. The zero-order chi connectivity index (χ0) is 15.0. The lowest BCUT2D eigenvalue weighted by Gasteiger charge is -2.50. The number of aromatic hydroxyl groups is 1. The van der Waals surface area contributed by atoms with Crippen LogP contribution in [0.1, 0.15) is 49.7 Å². The van der Waals surface area contributed by atoms with Gasteiger partial charge in [0, 0.05) is 13.0 Å². The van der Waals surface area contributed by atoms with E-state index in [4.69, 9.17) is 0 Å². The maximum Gasteiger partial charge on any atom is 0.115 e. The highest BCUT2D eigenvalue weighted by atomic mass is 16.3. The molecule has 0 heterocycles. The summed E-state index contributed by atoms with van der Waals surface area (Å²) >= 11 is 0. The smallest absolute Gasteiger partial charge is 0.115 e. The number of aliphatic hydroxyl groups is 1. The topological polar surface area (TPSA) is 64.2 Å². The van der Waals surface area contributed by atoms with Crippen molar-refractivity contribution in [3.8, 4) is 11.8 Å². The van der Waals surface area contributed by atoms with Gasteiger partial charge in [-0.25, -0.2) is 0 Å². The van der Waals surface area contributed by atoms with Gasteiger partial charge in [0.25, 0.3) is 0 Å². The summed E-state index contributed by atoms with van der Waals surface area (Å²) in [6.07, 6.45) is 4.60. The van der Waals surface area contributed by atoms with Crippen LogP contribution in [0.2, 0.25) is 0 Å². The Kier molecular flexibility index (Phi) is 3.67. The molecular formula is C18H23NO2. The molecule has 0 aromatic heterocycles. The van der Waals surface area contributed by atoms with Crippen molar-refractivity contribution in [3.63, 3.8) is 0 Å². The fourth-order valence-electron chi connectivity index (χ4n) is 4.66. The van der Waals surface area contributed by atoms with E-state index in [0.29, 0.717) is 24.0 Å². The first kappa shape index (κ1) is 14.4. The van der Waals surface area contributed by atoms with Crippen molar-refractivity contribution in [2.45, 2.75) is 44.9 Å². The first-order chi connectivity index (χ1) is 10.1. The normalized spacial score (nSPS) is 34.6. The van der Waals surface area contributed by atoms with Crippen LogP contribution in [0, 0.1) is 28.6 Å². The van der Waals surface area contributed by atoms with Gasteiger partial charge in [-0.3, -0.25) is 0 Å². The molecule has 2 aliphatic rings. The third-order valence-electron chi connectivity index (χ3n) is 5.90. The van der Waals surface area contributed by atoms with Crippen molar-refractivity contribution in [3.05, 3.63) is 29.3 Å². The summed E-state index contributed by atoms with van der Waals surface area (Å²) < 4.78 is 0. The maximum atomic E-state index is 9.83. The van der Waals surface area contributed by atoms with Crippen LogP contribution in [0.25, 0.3) is 0 Å². The zero-order valence-corrected chi connectivity index (χ0v) is 12.5. The Bertz CT molecular complexity index is 577. The van der Waals surface area contributed by atoms with Gasteiger partial charge in [0.2, 0.25) is 0 Å². The first-order valence-electron chi connectivity index (χ1n) is 7.88. The van der Waals surface area contributed by atoms with Crippen LogP contribution < -0.4 is 0 Å². The molecule has 1 aromatic rings. The van der Waals surface area contributed by atoms with Gasteiger partial charge < -0.3 is 10.2 Å². The van der Waals surface area contributed by atoms with Crippen molar-refractivity contribution in [2.24, 2.45) is 17.3 Å². The van der Waals surface area contributed by atoms with E-state index in [1.54, 1.807) is 6.07 Å². The second-order valence-electron chi connectivity index (χ2n) is 7.01. The highest BCUT2D eigenvalue weighted by Gasteiger charge is 2.47. The Labute approximate surface area is 126 Å².